The second-order valence-electron chi connectivity index (χ2n) is 6.29. The third-order valence-corrected chi connectivity index (χ3v) is 4.09. The molecule has 0 fully saturated rings. The van der Waals surface area contributed by atoms with E-state index in [1.807, 2.05) is 32.0 Å². The lowest BCUT2D eigenvalue weighted by Gasteiger charge is -2.11. The van der Waals surface area contributed by atoms with E-state index in [0.717, 1.165) is 16.8 Å². The fraction of sp³-hybridized carbons (Fsp3) is 0.0952. The summed E-state index contributed by atoms with van der Waals surface area (Å²) in [4.78, 5) is 17.3. The Morgan fingerprint density at radius 2 is 1.70 bits per heavy atom. The van der Waals surface area contributed by atoms with Crippen LogP contribution in [0.4, 0.5) is 11.5 Å². The fourth-order valence-corrected chi connectivity index (χ4v) is 2.87. The average molecular weight is 360 g/mol. The predicted octanol–water partition coefficient (Wildman–Crippen LogP) is 3.77. The minimum atomic E-state index is -0.0920. The number of anilines is 2. The van der Waals surface area contributed by atoms with E-state index >= 15 is 0 Å². The number of nitrogens with one attached hydrogen (secondary N) is 1. The van der Waals surface area contributed by atoms with Crippen molar-refractivity contribution in [3.8, 4) is 0 Å². The van der Waals surface area contributed by atoms with Crippen LogP contribution < -0.4 is 11.1 Å². The summed E-state index contributed by atoms with van der Waals surface area (Å²) in [5.41, 5.74) is 10.1. The maximum atomic E-state index is 13.0. The van der Waals surface area contributed by atoms with Gasteiger partial charge >= 0.3 is 0 Å². The lowest BCUT2D eigenvalue weighted by atomic mass is 10.00. The topological polar surface area (TPSA) is 101 Å². The van der Waals surface area contributed by atoms with E-state index in [0.29, 0.717) is 22.5 Å². The van der Waals surface area contributed by atoms with E-state index in [1.165, 1.54) is 0 Å². The van der Waals surface area contributed by atoms with Crippen LogP contribution in [0.1, 0.15) is 32.6 Å². The molecule has 0 spiro atoms. The first-order chi connectivity index (χ1) is 13.0. The molecule has 6 nitrogen and oxygen atoms in total. The van der Waals surface area contributed by atoms with Gasteiger partial charge < -0.3 is 16.3 Å². The maximum Gasteiger partial charge on any atom is 0.196 e. The molecule has 0 amide bonds. The van der Waals surface area contributed by atoms with Crippen molar-refractivity contribution in [2.75, 3.05) is 5.32 Å². The summed E-state index contributed by atoms with van der Waals surface area (Å²) in [5.74, 6) is 0.411. The van der Waals surface area contributed by atoms with Gasteiger partial charge in [0.15, 0.2) is 11.6 Å². The number of carbonyl (C=O) groups excluding carboxylic acids is 1. The second kappa shape index (κ2) is 7.70. The van der Waals surface area contributed by atoms with Gasteiger partial charge in [-0.3, -0.25) is 4.79 Å². The second-order valence-corrected chi connectivity index (χ2v) is 6.29. The van der Waals surface area contributed by atoms with Crippen LogP contribution in [0.15, 0.2) is 65.9 Å². The van der Waals surface area contributed by atoms with Gasteiger partial charge in [-0.1, -0.05) is 22.3 Å². The van der Waals surface area contributed by atoms with Crippen molar-refractivity contribution in [1.29, 1.82) is 0 Å². The molecule has 1 aromatic heterocycles. The van der Waals surface area contributed by atoms with Gasteiger partial charge in [0.2, 0.25) is 0 Å². The van der Waals surface area contributed by atoms with E-state index < -0.39 is 0 Å². The summed E-state index contributed by atoms with van der Waals surface area (Å²) >= 11 is 0. The molecule has 0 saturated heterocycles. The van der Waals surface area contributed by atoms with E-state index in [4.69, 9.17) is 10.9 Å². The van der Waals surface area contributed by atoms with Crippen molar-refractivity contribution in [1.82, 2.24) is 4.98 Å². The van der Waals surface area contributed by atoms with Gasteiger partial charge in [-0.05, 0) is 62.4 Å². The largest absolute Gasteiger partial charge is 0.409 e. The summed E-state index contributed by atoms with van der Waals surface area (Å²) in [7, 11) is 0. The smallest absolute Gasteiger partial charge is 0.196 e. The highest BCUT2D eigenvalue weighted by Crippen LogP contribution is 2.22. The average Bonchev–Trinajstić information content (AvgIpc) is 2.67. The lowest BCUT2D eigenvalue weighted by molar-refractivity contribution is 0.103. The standard InChI is InChI=1S/C21H20N4O2/c1-13-10-14(2)12-16(11-13)19(26)18-4-3-9-23-21(18)24-17-7-5-15(6-8-17)20(22)25-27/h3-12,27H,1-2H3,(H2,22,25)(H,23,24). The number of amidine groups is 1. The summed E-state index contributed by atoms with van der Waals surface area (Å²) in [6.07, 6.45) is 1.63. The Morgan fingerprint density at radius 3 is 2.33 bits per heavy atom. The highest BCUT2D eigenvalue weighted by Gasteiger charge is 2.15. The van der Waals surface area contributed by atoms with Gasteiger partial charge in [0.1, 0.15) is 5.82 Å². The number of nitrogens with two attached hydrogens (primary N) is 1. The summed E-state index contributed by atoms with van der Waals surface area (Å²) < 4.78 is 0. The monoisotopic (exact) mass is 360 g/mol. The predicted molar refractivity (Wildman–Crippen MR) is 106 cm³/mol. The molecule has 0 unspecified atom stereocenters. The molecule has 0 aliphatic heterocycles. The van der Waals surface area contributed by atoms with Crippen LogP contribution in [-0.2, 0) is 0 Å². The first-order valence-electron chi connectivity index (χ1n) is 8.41. The van der Waals surface area contributed by atoms with Crippen LogP contribution in [0, 0.1) is 13.8 Å². The lowest BCUT2D eigenvalue weighted by Crippen LogP contribution is -2.12. The maximum absolute atomic E-state index is 13.0. The van der Waals surface area contributed by atoms with Crippen molar-refractivity contribution < 1.29 is 10.0 Å². The van der Waals surface area contributed by atoms with Crippen molar-refractivity contribution in [3.05, 3.63) is 88.6 Å². The SMILES string of the molecule is Cc1cc(C)cc(C(=O)c2cccnc2Nc2ccc(/C(N)=N\O)cc2)c1. The Hall–Kier alpha value is -3.67. The Labute approximate surface area is 157 Å². The van der Waals surface area contributed by atoms with E-state index in [1.54, 1.807) is 42.6 Å². The number of benzene rings is 2. The summed E-state index contributed by atoms with van der Waals surface area (Å²) in [6, 6.07) is 16.2. The Bertz CT molecular complexity index is 991. The van der Waals surface area contributed by atoms with E-state index in [9.17, 15) is 4.79 Å². The molecular weight excluding hydrogens is 340 g/mol. The minimum Gasteiger partial charge on any atom is -0.409 e. The van der Waals surface area contributed by atoms with Crippen LogP contribution in [-0.4, -0.2) is 21.8 Å². The van der Waals surface area contributed by atoms with Gasteiger partial charge in [-0.2, -0.15) is 0 Å². The van der Waals surface area contributed by atoms with E-state index in [-0.39, 0.29) is 11.6 Å². The number of ketones is 1. The van der Waals surface area contributed by atoms with Crippen LogP contribution in [0.25, 0.3) is 0 Å². The number of hydrogen-bond acceptors (Lipinski definition) is 5. The Morgan fingerprint density at radius 1 is 1.04 bits per heavy atom. The molecule has 0 radical (unpaired) electrons. The number of nitrogens with zero attached hydrogens (tertiary/aromatic N) is 2. The first-order valence-corrected chi connectivity index (χ1v) is 8.41. The van der Waals surface area contributed by atoms with Gasteiger partial charge in [0.25, 0.3) is 0 Å². The molecule has 0 saturated carbocycles. The zero-order chi connectivity index (χ0) is 19.4. The molecule has 0 aliphatic carbocycles. The van der Waals surface area contributed by atoms with Gasteiger partial charge in [-0.15, -0.1) is 0 Å². The number of pyridine rings is 1. The number of hydrogen-bond donors (Lipinski definition) is 3. The molecule has 27 heavy (non-hydrogen) atoms. The molecule has 1 heterocycles. The molecule has 0 bridgehead atoms. The number of carbonyl (C=O) groups is 1. The number of aryl methyl sites for hydroxylation is 2. The number of oxime groups is 1. The molecule has 3 aromatic rings. The van der Waals surface area contributed by atoms with Crippen molar-refractivity contribution in [3.63, 3.8) is 0 Å². The molecule has 0 aliphatic rings. The van der Waals surface area contributed by atoms with Crippen LogP contribution >= 0.6 is 0 Å². The van der Waals surface area contributed by atoms with Gasteiger partial charge in [0, 0.05) is 23.0 Å². The van der Waals surface area contributed by atoms with Crippen LogP contribution in [0.5, 0.6) is 0 Å². The Kier molecular flexibility index (Phi) is 5.17. The quantitative estimate of drug-likeness (QED) is 0.211. The zero-order valence-electron chi connectivity index (χ0n) is 15.1. The summed E-state index contributed by atoms with van der Waals surface area (Å²) in [5, 5.41) is 14.9. The Balaban J connectivity index is 1.91. The van der Waals surface area contributed by atoms with Crippen molar-refractivity contribution >= 4 is 23.1 Å². The molecular formula is C21H20N4O2. The molecule has 0 atom stereocenters. The molecule has 2 aromatic carbocycles. The molecule has 3 rings (SSSR count). The highest BCUT2D eigenvalue weighted by molar-refractivity contribution is 6.12. The van der Waals surface area contributed by atoms with Crippen molar-refractivity contribution in [2.45, 2.75) is 13.8 Å². The minimum absolute atomic E-state index is 0.0325. The third kappa shape index (κ3) is 4.12. The van der Waals surface area contributed by atoms with Gasteiger partial charge in [0.05, 0.1) is 5.56 Å². The number of rotatable bonds is 5. The molecule has 136 valence electrons. The number of aromatic nitrogens is 1. The van der Waals surface area contributed by atoms with Crippen LogP contribution in [0.3, 0.4) is 0 Å². The highest BCUT2D eigenvalue weighted by atomic mass is 16.4. The summed E-state index contributed by atoms with van der Waals surface area (Å²) in [6.45, 7) is 3.93. The third-order valence-electron chi connectivity index (χ3n) is 4.09. The molecule has 6 heteroatoms. The van der Waals surface area contributed by atoms with Crippen molar-refractivity contribution in [2.24, 2.45) is 10.9 Å². The normalized spacial score (nSPS) is 11.3. The molecule has 4 N–H and O–H groups in total. The van der Waals surface area contributed by atoms with Crippen LogP contribution in [0.2, 0.25) is 0 Å². The fourth-order valence-electron chi connectivity index (χ4n) is 2.87. The van der Waals surface area contributed by atoms with E-state index in [2.05, 4.69) is 15.5 Å². The van der Waals surface area contributed by atoms with Gasteiger partial charge in [-0.25, -0.2) is 4.98 Å². The zero-order valence-corrected chi connectivity index (χ0v) is 15.1. The first kappa shape index (κ1) is 18.1.